The number of hydrogen-bond donors (Lipinski definition) is 1. The van der Waals surface area contributed by atoms with Crippen LogP contribution in [0.4, 0.5) is 0 Å². The maximum absolute atomic E-state index is 4.16. The van der Waals surface area contributed by atoms with Crippen molar-refractivity contribution >= 4 is 5.65 Å². The smallest absolute Gasteiger partial charge is 0.163 e. The van der Waals surface area contributed by atoms with Gasteiger partial charge in [0, 0.05) is 18.7 Å². The van der Waals surface area contributed by atoms with Gasteiger partial charge in [-0.2, -0.15) is 0 Å². The summed E-state index contributed by atoms with van der Waals surface area (Å²) in [5, 5.41) is 11.5. The van der Waals surface area contributed by atoms with E-state index in [0.29, 0.717) is 5.92 Å². The molecule has 0 aliphatic carbocycles. The van der Waals surface area contributed by atoms with Crippen molar-refractivity contribution in [3.63, 3.8) is 0 Å². The summed E-state index contributed by atoms with van der Waals surface area (Å²) in [6, 6.07) is 1.87. The fourth-order valence-electron chi connectivity index (χ4n) is 1.68. The normalized spacial score (nSPS) is 17.1. The molecule has 2 aromatic rings. The minimum atomic E-state index is 0.711. The maximum atomic E-state index is 4.16. The highest BCUT2D eigenvalue weighted by Gasteiger charge is 2.19. The van der Waals surface area contributed by atoms with Crippen molar-refractivity contribution in [1.82, 2.24) is 24.9 Å². The summed E-state index contributed by atoms with van der Waals surface area (Å²) >= 11 is 0. The summed E-state index contributed by atoms with van der Waals surface area (Å²) < 4.78 is 1.96. The predicted octanol–water partition coefficient (Wildman–Crippen LogP) is -0.114. The topological polar surface area (TPSA) is 55.1 Å². The molecule has 0 atom stereocenters. The van der Waals surface area contributed by atoms with Crippen molar-refractivity contribution in [1.29, 1.82) is 0 Å². The first kappa shape index (κ1) is 7.87. The molecule has 0 amide bonds. The summed E-state index contributed by atoms with van der Waals surface area (Å²) in [4.78, 5) is 4.06. The molecule has 5 nitrogen and oxygen atoms in total. The molecule has 0 aromatic carbocycles. The summed E-state index contributed by atoms with van der Waals surface area (Å²) in [6.45, 7) is 2.18. The molecule has 0 saturated carbocycles. The second kappa shape index (κ2) is 3.02. The third kappa shape index (κ3) is 1.17. The van der Waals surface area contributed by atoms with Gasteiger partial charge in [0.25, 0.3) is 0 Å². The van der Waals surface area contributed by atoms with Crippen LogP contribution in [0.2, 0.25) is 0 Å². The van der Waals surface area contributed by atoms with Gasteiger partial charge < -0.3 is 5.32 Å². The van der Waals surface area contributed by atoms with Gasteiger partial charge >= 0.3 is 0 Å². The molecule has 0 radical (unpaired) electrons. The lowest BCUT2D eigenvalue weighted by Crippen LogP contribution is -2.43. The lowest BCUT2D eigenvalue weighted by molar-refractivity contribution is 0.340. The fraction of sp³-hybridized carbons (Fsp3) is 0.444. The van der Waals surface area contributed by atoms with E-state index in [1.54, 1.807) is 12.5 Å². The van der Waals surface area contributed by atoms with Crippen LogP contribution < -0.4 is 5.32 Å². The van der Waals surface area contributed by atoms with Crippen molar-refractivity contribution < 1.29 is 0 Å². The van der Waals surface area contributed by atoms with Gasteiger partial charge in [0.2, 0.25) is 0 Å². The maximum Gasteiger partial charge on any atom is 0.163 e. The Bertz CT molecular complexity index is 445. The Balaban J connectivity index is 1.95. The van der Waals surface area contributed by atoms with Gasteiger partial charge in [-0.1, -0.05) is 0 Å². The van der Waals surface area contributed by atoms with Gasteiger partial charge in [-0.05, 0) is 19.0 Å². The first-order valence-electron chi connectivity index (χ1n) is 4.78. The second-order valence-corrected chi connectivity index (χ2v) is 3.65. The number of nitrogens with one attached hydrogen (secondary N) is 1. The van der Waals surface area contributed by atoms with Gasteiger partial charge in [0.15, 0.2) is 5.65 Å². The van der Waals surface area contributed by atoms with Crippen LogP contribution in [-0.4, -0.2) is 32.7 Å². The Morgan fingerprint density at radius 2 is 2.36 bits per heavy atom. The molecule has 14 heavy (non-hydrogen) atoms. The van der Waals surface area contributed by atoms with Gasteiger partial charge in [0.05, 0.1) is 0 Å². The standard InChI is InChI=1S/C9H11N5/c1-2-10-6-14-8(1)12-13-9(14)3-7-4-11-5-7/h1-2,6-7,11H,3-5H2. The summed E-state index contributed by atoms with van der Waals surface area (Å²) in [5.74, 6) is 1.72. The Labute approximate surface area is 81.2 Å². The molecule has 5 heteroatoms. The highest BCUT2D eigenvalue weighted by Crippen LogP contribution is 2.11. The van der Waals surface area contributed by atoms with E-state index in [-0.39, 0.29) is 0 Å². The second-order valence-electron chi connectivity index (χ2n) is 3.65. The Hall–Kier alpha value is -1.49. The van der Waals surface area contributed by atoms with Crippen molar-refractivity contribution in [2.24, 2.45) is 5.92 Å². The molecule has 1 aliphatic heterocycles. The van der Waals surface area contributed by atoms with Crippen molar-refractivity contribution in [2.75, 3.05) is 13.1 Å². The van der Waals surface area contributed by atoms with E-state index in [1.807, 2.05) is 10.5 Å². The molecular weight excluding hydrogens is 178 g/mol. The molecule has 2 aromatic heterocycles. The van der Waals surface area contributed by atoms with E-state index in [1.165, 1.54) is 0 Å². The Kier molecular flexibility index (Phi) is 1.70. The van der Waals surface area contributed by atoms with Crippen LogP contribution >= 0.6 is 0 Å². The molecular formula is C9H11N5. The largest absolute Gasteiger partial charge is 0.316 e. The highest BCUT2D eigenvalue weighted by molar-refractivity contribution is 5.35. The summed E-state index contributed by atoms with van der Waals surface area (Å²) in [5.41, 5.74) is 0.877. The zero-order valence-corrected chi connectivity index (χ0v) is 7.72. The molecule has 3 heterocycles. The van der Waals surface area contributed by atoms with Crippen molar-refractivity contribution in [3.8, 4) is 0 Å². The minimum Gasteiger partial charge on any atom is -0.316 e. The first-order chi connectivity index (χ1) is 6.93. The van der Waals surface area contributed by atoms with E-state index in [2.05, 4.69) is 20.5 Å². The van der Waals surface area contributed by atoms with Crippen LogP contribution in [0, 0.1) is 5.92 Å². The molecule has 3 rings (SSSR count). The van der Waals surface area contributed by atoms with Gasteiger partial charge in [-0.25, -0.2) is 4.98 Å². The average molecular weight is 189 g/mol. The fourth-order valence-corrected chi connectivity index (χ4v) is 1.68. The number of nitrogens with zero attached hydrogens (tertiary/aromatic N) is 4. The third-order valence-electron chi connectivity index (χ3n) is 2.62. The van der Waals surface area contributed by atoms with Crippen LogP contribution in [0.3, 0.4) is 0 Å². The quantitative estimate of drug-likeness (QED) is 0.716. The van der Waals surface area contributed by atoms with E-state index < -0.39 is 0 Å². The van der Waals surface area contributed by atoms with E-state index in [0.717, 1.165) is 31.0 Å². The number of fused-ring (bicyclic) bond motifs is 1. The highest BCUT2D eigenvalue weighted by atomic mass is 15.3. The SMILES string of the molecule is c1cc2nnc(CC3CNC3)n2cn1. The van der Waals surface area contributed by atoms with Crippen LogP contribution in [0.1, 0.15) is 5.82 Å². The lowest BCUT2D eigenvalue weighted by atomic mass is 9.99. The van der Waals surface area contributed by atoms with E-state index >= 15 is 0 Å². The van der Waals surface area contributed by atoms with Gasteiger partial charge in [-0.3, -0.25) is 4.40 Å². The molecule has 72 valence electrons. The Morgan fingerprint density at radius 3 is 3.14 bits per heavy atom. The number of aromatic nitrogens is 4. The summed E-state index contributed by atoms with van der Waals surface area (Å²) in [7, 11) is 0. The van der Waals surface area contributed by atoms with Crippen LogP contribution in [0.15, 0.2) is 18.6 Å². The molecule has 0 unspecified atom stereocenters. The van der Waals surface area contributed by atoms with Crippen LogP contribution in [0.25, 0.3) is 5.65 Å². The number of hydrogen-bond acceptors (Lipinski definition) is 4. The molecule has 1 saturated heterocycles. The zero-order valence-electron chi connectivity index (χ0n) is 7.72. The third-order valence-corrected chi connectivity index (χ3v) is 2.62. The van der Waals surface area contributed by atoms with E-state index in [4.69, 9.17) is 0 Å². The monoisotopic (exact) mass is 189 g/mol. The Morgan fingerprint density at radius 1 is 1.43 bits per heavy atom. The predicted molar refractivity (Wildman–Crippen MR) is 50.8 cm³/mol. The lowest BCUT2D eigenvalue weighted by Gasteiger charge is -2.25. The minimum absolute atomic E-state index is 0.711. The molecule has 1 aliphatic rings. The molecule has 1 N–H and O–H groups in total. The van der Waals surface area contributed by atoms with E-state index in [9.17, 15) is 0 Å². The van der Waals surface area contributed by atoms with Crippen LogP contribution in [0.5, 0.6) is 0 Å². The van der Waals surface area contributed by atoms with Gasteiger partial charge in [-0.15, -0.1) is 10.2 Å². The van der Waals surface area contributed by atoms with Gasteiger partial charge in [0.1, 0.15) is 12.2 Å². The molecule has 0 bridgehead atoms. The average Bonchev–Trinajstić information content (AvgIpc) is 2.55. The molecule has 1 fully saturated rings. The zero-order chi connectivity index (χ0) is 9.38. The van der Waals surface area contributed by atoms with Crippen molar-refractivity contribution in [3.05, 3.63) is 24.4 Å². The number of rotatable bonds is 2. The summed E-state index contributed by atoms with van der Waals surface area (Å²) in [6.07, 6.45) is 4.50. The van der Waals surface area contributed by atoms with Crippen molar-refractivity contribution in [2.45, 2.75) is 6.42 Å². The van der Waals surface area contributed by atoms with Crippen LogP contribution in [-0.2, 0) is 6.42 Å². The molecule has 0 spiro atoms. The first-order valence-corrected chi connectivity index (χ1v) is 4.78.